The van der Waals surface area contributed by atoms with Gasteiger partial charge >= 0.3 is 0 Å². The summed E-state index contributed by atoms with van der Waals surface area (Å²) in [7, 11) is 4.21. The van der Waals surface area contributed by atoms with Crippen LogP contribution < -0.4 is 5.32 Å². The lowest BCUT2D eigenvalue weighted by atomic mass is 10.1. The van der Waals surface area contributed by atoms with Crippen LogP contribution in [0.1, 0.15) is 25.6 Å². The average Bonchev–Trinajstić information content (AvgIpc) is 2.88. The summed E-state index contributed by atoms with van der Waals surface area (Å²) in [5.74, 6) is 1.03. The number of nitrogens with one attached hydrogen (secondary N) is 1. The minimum atomic E-state index is 0.105. The smallest absolute Gasteiger partial charge is 0.221 e. The van der Waals surface area contributed by atoms with Crippen LogP contribution in [0.25, 0.3) is 0 Å². The monoisotopic (exact) mass is 293 g/mol. The molecule has 2 heterocycles. The number of rotatable bonds is 6. The predicted octanol–water partition coefficient (Wildman–Crippen LogP) is 0.545. The Kier molecular flexibility index (Phi) is 5.76. The first-order valence-electron chi connectivity index (χ1n) is 7.75. The molecule has 118 valence electrons. The maximum atomic E-state index is 12.1. The summed E-state index contributed by atoms with van der Waals surface area (Å²) in [6, 6.07) is 0.305. The van der Waals surface area contributed by atoms with Gasteiger partial charge < -0.3 is 19.7 Å². The Labute approximate surface area is 127 Å². The molecule has 0 bridgehead atoms. The predicted molar refractivity (Wildman–Crippen MR) is 82.9 cm³/mol. The van der Waals surface area contributed by atoms with Crippen LogP contribution in [0.2, 0.25) is 0 Å². The molecule has 6 heteroatoms. The second-order valence-corrected chi connectivity index (χ2v) is 5.91. The molecule has 2 rings (SSSR count). The molecule has 1 N–H and O–H groups in total. The lowest BCUT2D eigenvalue weighted by molar-refractivity contribution is -0.122. The summed E-state index contributed by atoms with van der Waals surface area (Å²) in [6.07, 6.45) is 5.38. The summed E-state index contributed by atoms with van der Waals surface area (Å²) in [4.78, 5) is 21.0. The first-order valence-corrected chi connectivity index (χ1v) is 7.75. The van der Waals surface area contributed by atoms with E-state index in [0.29, 0.717) is 19.0 Å². The number of hydrogen-bond donors (Lipinski definition) is 1. The van der Waals surface area contributed by atoms with Crippen LogP contribution in [0, 0.1) is 0 Å². The van der Waals surface area contributed by atoms with E-state index in [0.717, 1.165) is 38.4 Å². The van der Waals surface area contributed by atoms with E-state index in [1.54, 1.807) is 6.20 Å². The van der Waals surface area contributed by atoms with Crippen molar-refractivity contribution in [2.24, 2.45) is 0 Å². The van der Waals surface area contributed by atoms with E-state index in [-0.39, 0.29) is 5.91 Å². The summed E-state index contributed by atoms with van der Waals surface area (Å²) in [5.41, 5.74) is 0. The molecule has 1 aliphatic heterocycles. The zero-order valence-electron chi connectivity index (χ0n) is 13.4. The van der Waals surface area contributed by atoms with Gasteiger partial charge in [-0.1, -0.05) is 6.92 Å². The van der Waals surface area contributed by atoms with Crippen LogP contribution in [0.4, 0.5) is 0 Å². The van der Waals surface area contributed by atoms with Gasteiger partial charge in [0.05, 0.1) is 6.54 Å². The van der Waals surface area contributed by atoms with E-state index in [4.69, 9.17) is 0 Å². The molecule has 1 saturated heterocycles. The van der Waals surface area contributed by atoms with Crippen molar-refractivity contribution in [3.05, 3.63) is 18.2 Å². The van der Waals surface area contributed by atoms with Crippen LogP contribution in [0.5, 0.6) is 0 Å². The molecule has 1 amide bonds. The van der Waals surface area contributed by atoms with Gasteiger partial charge in [0, 0.05) is 51.0 Å². The Balaban J connectivity index is 1.80. The van der Waals surface area contributed by atoms with Crippen molar-refractivity contribution in [1.82, 2.24) is 24.7 Å². The molecule has 1 aliphatic rings. The molecule has 1 aromatic rings. The van der Waals surface area contributed by atoms with Gasteiger partial charge in [-0.3, -0.25) is 4.79 Å². The molecule has 0 unspecified atom stereocenters. The fourth-order valence-corrected chi connectivity index (χ4v) is 2.74. The fraction of sp³-hybridized carbons (Fsp3) is 0.733. The minimum absolute atomic E-state index is 0.105. The zero-order valence-corrected chi connectivity index (χ0v) is 13.4. The second-order valence-electron chi connectivity index (χ2n) is 5.91. The number of nitrogens with zero attached hydrogens (tertiary/aromatic N) is 4. The first-order chi connectivity index (χ1) is 10.1. The molecule has 6 nitrogen and oxygen atoms in total. The Morgan fingerprint density at radius 3 is 3.00 bits per heavy atom. The molecule has 0 spiro atoms. The van der Waals surface area contributed by atoms with Gasteiger partial charge in [0.2, 0.25) is 5.91 Å². The molecule has 0 saturated carbocycles. The van der Waals surface area contributed by atoms with E-state index in [9.17, 15) is 4.79 Å². The van der Waals surface area contributed by atoms with Crippen LogP contribution in [0.3, 0.4) is 0 Å². The highest BCUT2D eigenvalue weighted by Crippen LogP contribution is 2.09. The van der Waals surface area contributed by atoms with Gasteiger partial charge in [0.25, 0.3) is 0 Å². The number of imidazole rings is 1. The van der Waals surface area contributed by atoms with Crippen molar-refractivity contribution in [1.29, 1.82) is 0 Å². The lowest BCUT2D eigenvalue weighted by Crippen LogP contribution is -2.51. The van der Waals surface area contributed by atoms with Gasteiger partial charge in [-0.25, -0.2) is 4.98 Å². The van der Waals surface area contributed by atoms with Gasteiger partial charge in [-0.15, -0.1) is 0 Å². The van der Waals surface area contributed by atoms with Gasteiger partial charge in [-0.2, -0.15) is 0 Å². The third-order valence-corrected chi connectivity index (χ3v) is 4.11. The van der Waals surface area contributed by atoms with Crippen LogP contribution in [-0.2, 0) is 17.9 Å². The molecular weight excluding hydrogens is 266 g/mol. The number of piperazine rings is 1. The van der Waals surface area contributed by atoms with Gasteiger partial charge in [-0.05, 0) is 20.5 Å². The van der Waals surface area contributed by atoms with Crippen LogP contribution in [0.15, 0.2) is 12.4 Å². The summed E-state index contributed by atoms with van der Waals surface area (Å²) in [6.45, 7) is 6.64. The summed E-state index contributed by atoms with van der Waals surface area (Å²) < 4.78 is 2.10. The maximum absolute atomic E-state index is 12.1. The van der Waals surface area contributed by atoms with E-state index >= 15 is 0 Å². The highest BCUT2D eigenvalue weighted by atomic mass is 16.1. The highest BCUT2D eigenvalue weighted by molar-refractivity contribution is 5.76. The average molecular weight is 293 g/mol. The first kappa shape index (κ1) is 16.0. The van der Waals surface area contributed by atoms with E-state index in [2.05, 4.69) is 45.7 Å². The SMILES string of the molecule is CCCn1ccnc1CNC(=O)C[C@H]1CN(C)CCN1C. The quantitative estimate of drug-likeness (QED) is 0.832. The van der Waals surface area contributed by atoms with E-state index in [1.165, 1.54) is 0 Å². The third kappa shape index (κ3) is 4.54. The maximum Gasteiger partial charge on any atom is 0.221 e. The van der Waals surface area contributed by atoms with Crippen molar-refractivity contribution in [2.45, 2.75) is 38.9 Å². The molecule has 1 fully saturated rings. The van der Waals surface area contributed by atoms with Crippen molar-refractivity contribution in [3.8, 4) is 0 Å². The molecular formula is C15H27N5O. The Bertz CT molecular complexity index is 459. The number of likely N-dealkylation sites (N-methyl/N-ethyl adjacent to an activating group) is 2. The summed E-state index contributed by atoms with van der Waals surface area (Å²) >= 11 is 0. The third-order valence-electron chi connectivity index (χ3n) is 4.11. The van der Waals surface area contributed by atoms with Crippen LogP contribution >= 0.6 is 0 Å². The number of amides is 1. The van der Waals surface area contributed by atoms with E-state index in [1.807, 2.05) is 6.20 Å². The molecule has 1 aromatic heterocycles. The number of aryl methyl sites for hydroxylation is 1. The molecule has 0 aromatic carbocycles. The molecule has 0 radical (unpaired) electrons. The largest absolute Gasteiger partial charge is 0.349 e. The van der Waals surface area contributed by atoms with Crippen molar-refractivity contribution in [2.75, 3.05) is 33.7 Å². The Morgan fingerprint density at radius 1 is 1.43 bits per heavy atom. The van der Waals surface area contributed by atoms with Crippen LogP contribution in [-0.4, -0.2) is 65.0 Å². The number of aromatic nitrogens is 2. The summed E-state index contributed by atoms with van der Waals surface area (Å²) in [5, 5.41) is 3.00. The number of carbonyl (C=O) groups excluding carboxylic acids is 1. The number of hydrogen-bond acceptors (Lipinski definition) is 4. The molecule has 1 atom stereocenters. The topological polar surface area (TPSA) is 53.4 Å². The number of carbonyl (C=O) groups is 1. The Morgan fingerprint density at radius 2 is 2.24 bits per heavy atom. The van der Waals surface area contributed by atoms with Crippen molar-refractivity contribution in [3.63, 3.8) is 0 Å². The van der Waals surface area contributed by atoms with Gasteiger partial charge in [0.15, 0.2) is 0 Å². The molecule has 0 aliphatic carbocycles. The Hall–Kier alpha value is -1.40. The van der Waals surface area contributed by atoms with Crippen molar-refractivity contribution < 1.29 is 4.79 Å². The standard InChI is InChI=1S/C15H27N5O/c1-4-6-20-7-5-16-14(20)11-17-15(21)10-13-12-18(2)8-9-19(13)3/h5,7,13H,4,6,8-12H2,1-3H3,(H,17,21)/t13-/m0/s1. The van der Waals surface area contributed by atoms with Gasteiger partial charge in [0.1, 0.15) is 5.82 Å². The minimum Gasteiger partial charge on any atom is -0.349 e. The highest BCUT2D eigenvalue weighted by Gasteiger charge is 2.24. The molecule has 21 heavy (non-hydrogen) atoms. The second kappa shape index (κ2) is 7.56. The normalized spacial score (nSPS) is 20.6. The van der Waals surface area contributed by atoms with Crippen molar-refractivity contribution >= 4 is 5.91 Å². The zero-order chi connectivity index (χ0) is 15.2. The lowest BCUT2D eigenvalue weighted by Gasteiger charge is -2.37. The fourth-order valence-electron chi connectivity index (χ4n) is 2.74. The van der Waals surface area contributed by atoms with E-state index < -0.39 is 0 Å².